The highest BCUT2D eigenvalue weighted by Crippen LogP contribution is 2.23. The Hall–Kier alpha value is -2.73. The molecular weight excluding hydrogens is 314 g/mol. The Labute approximate surface area is 138 Å². The summed E-state index contributed by atoms with van der Waals surface area (Å²) in [6.07, 6.45) is 0. The summed E-state index contributed by atoms with van der Waals surface area (Å²) in [7, 11) is 0. The number of aromatic nitrogens is 4. The Bertz CT molecular complexity index is 846. The lowest BCUT2D eigenvalue weighted by molar-refractivity contribution is -0.117. The number of tetrazole rings is 1. The maximum Gasteiger partial charge on any atom is 0.248 e. The van der Waals surface area contributed by atoms with Crippen molar-refractivity contribution in [2.75, 3.05) is 5.32 Å². The minimum atomic E-state index is -0.223. The zero-order valence-corrected chi connectivity index (χ0v) is 13.2. The molecule has 116 valence electrons. The maximum atomic E-state index is 12.0. The quantitative estimate of drug-likeness (QED) is 0.799. The molecule has 6 nitrogen and oxygen atoms in total. The molecule has 0 aliphatic carbocycles. The molecule has 23 heavy (non-hydrogen) atoms. The highest BCUT2D eigenvalue weighted by molar-refractivity contribution is 6.33. The van der Waals surface area contributed by atoms with Crippen LogP contribution in [0.3, 0.4) is 0 Å². The van der Waals surface area contributed by atoms with Crippen LogP contribution in [0.15, 0.2) is 48.5 Å². The van der Waals surface area contributed by atoms with Crippen molar-refractivity contribution in [3.05, 3.63) is 59.1 Å². The number of amides is 1. The molecule has 0 saturated carbocycles. The first-order chi connectivity index (χ1) is 11.1. The molecule has 1 N–H and O–H groups in total. The molecule has 3 aromatic rings. The van der Waals surface area contributed by atoms with Gasteiger partial charge in [-0.25, -0.2) is 0 Å². The highest BCUT2D eigenvalue weighted by Gasteiger charge is 2.11. The van der Waals surface area contributed by atoms with E-state index in [9.17, 15) is 4.79 Å². The summed E-state index contributed by atoms with van der Waals surface area (Å²) in [5, 5.41) is 15.4. The van der Waals surface area contributed by atoms with Gasteiger partial charge in [-0.05, 0) is 42.0 Å². The van der Waals surface area contributed by atoms with Gasteiger partial charge in [0.2, 0.25) is 11.7 Å². The van der Waals surface area contributed by atoms with E-state index in [-0.39, 0.29) is 12.5 Å². The van der Waals surface area contributed by atoms with E-state index in [1.54, 1.807) is 12.1 Å². The molecular formula is C16H14ClN5O. The van der Waals surface area contributed by atoms with Crippen LogP contribution in [0.25, 0.3) is 11.4 Å². The molecule has 0 fully saturated rings. The van der Waals surface area contributed by atoms with Crippen molar-refractivity contribution in [2.24, 2.45) is 0 Å². The van der Waals surface area contributed by atoms with E-state index in [4.69, 9.17) is 11.6 Å². The number of hydrogen-bond donors (Lipinski definition) is 1. The van der Waals surface area contributed by atoms with E-state index in [1.807, 2.05) is 43.3 Å². The molecule has 0 atom stereocenters. The summed E-state index contributed by atoms with van der Waals surface area (Å²) in [6, 6.07) is 14.8. The van der Waals surface area contributed by atoms with Crippen molar-refractivity contribution >= 4 is 23.2 Å². The van der Waals surface area contributed by atoms with Crippen LogP contribution in [0.1, 0.15) is 5.56 Å². The van der Waals surface area contributed by atoms with Gasteiger partial charge in [0.05, 0.1) is 5.02 Å². The molecule has 0 aliphatic heterocycles. The highest BCUT2D eigenvalue weighted by atomic mass is 35.5. The van der Waals surface area contributed by atoms with Gasteiger partial charge in [0.25, 0.3) is 0 Å². The average molecular weight is 328 g/mol. The van der Waals surface area contributed by atoms with Crippen molar-refractivity contribution in [2.45, 2.75) is 13.5 Å². The van der Waals surface area contributed by atoms with Crippen LogP contribution in [0.2, 0.25) is 5.02 Å². The molecule has 3 rings (SSSR count). The van der Waals surface area contributed by atoms with Gasteiger partial charge in [0.15, 0.2) is 0 Å². The van der Waals surface area contributed by atoms with Gasteiger partial charge < -0.3 is 5.32 Å². The Morgan fingerprint density at radius 2 is 2.04 bits per heavy atom. The molecule has 0 unspecified atom stereocenters. The van der Waals surface area contributed by atoms with Crippen LogP contribution in [0.4, 0.5) is 5.69 Å². The fraction of sp³-hybridized carbons (Fsp3) is 0.125. The summed E-state index contributed by atoms with van der Waals surface area (Å²) in [5.74, 6) is 0.165. The second-order valence-corrected chi connectivity index (χ2v) is 5.45. The summed E-state index contributed by atoms with van der Waals surface area (Å²) in [6.45, 7) is 1.94. The van der Waals surface area contributed by atoms with Crippen molar-refractivity contribution in [3.63, 3.8) is 0 Å². The zero-order valence-electron chi connectivity index (χ0n) is 12.4. The van der Waals surface area contributed by atoms with Gasteiger partial charge in [0.1, 0.15) is 6.54 Å². The Balaban J connectivity index is 1.69. The predicted octanol–water partition coefficient (Wildman–Crippen LogP) is 2.94. The van der Waals surface area contributed by atoms with E-state index in [0.717, 1.165) is 11.3 Å². The normalized spacial score (nSPS) is 10.5. The summed E-state index contributed by atoms with van der Waals surface area (Å²) in [5.41, 5.74) is 2.49. The van der Waals surface area contributed by atoms with E-state index < -0.39 is 0 Å². The number of nitrogens with one attached hydrogen (secondary N) is 1. The molecule has 0 radical (unpaired) electrons. The Morgan fingerprint density at radius 3 is 2.83 bits per heavy atom. The van der Waals surface area contributed by atoms with Crippen molar-refractivity contribution < 1.29 is 4.79 Å². The third kappa shape index (κ3) is 3.73. The number of carbonyl (C=O) groups excluding carboxylic acids is 1. The van der Waals surface area contributed by atoms with Crippen LogP contribution in [0, 0.1) is 6.92 Å². The number of benzene rings is 2. The third-order valence-corrected chi connectivity index (χ3v) is 3.48. The molecule has 0 bridgehead atoms. The van der Waals surface area contributed by atoms with E-state index in [0.29, 0.717) is 16.4 Å². The molecule has 1 heterocycles. The fourth-order valence-electron chi connectivity index (χ4n) is 2.11. The summed E-state index contributed by atoms with van der Waals surface area (Å²) < 4.78 is 0. The van der Waals surface area contributed by atoms with Crippen molar-refractivity contribution in [1.29, 1.82) is 0 Å². The minimum absolute atomic E-state index is 0.0224. The fourth-order valence-corrected chi connectivity index (χ4v) is 2.33. The Kier molecular flexibility index (Phi) is 4.34. The van der Waals surface area contributed by atoms with Gasteiger partial charge in [-0.15, -0.1) is 10.2 Å². The van der Waals surface area contributed by atoms with Gasteiger partial charge in [-0.2, -0.15) is 4.80 Å². The number of aryl methyl sites for hydroxylation is 1. The van der Waals surface area contributed by atoms with Crippen LogP contribution in [-0.2, 0) is 11.3 Å². The lowest BCUT2D eigenvalue weighted by atomic mass is 10.2. The second-order valence-electron chi connectivity index (χ2n) is 5.04. The van der Waals surface area contributed by atoms with Crippen LogP contribution in [-0.4, -0.2) is 26.1 Å². The zero-order chi connectivity index (χ0) is 16.2. The van der Waals surface area contributed by atoms with Crippen molar-refractivity contribution in [1.82, 2.24) is 20.2 Å². The number of anilines is 1. The SMILES string of the molecule is Cc1cccc(NC(=O)Cn2nnc(-c3ccccc3Cl)n2)c1. The number of rotatable bonds is 4. The standard InChI is InChI=1S/C16H14ClN5O/c1-11-5-4-6-12(9-11)18-15(23)10-22-20-16(19-21-22)13-7-2-3-8-14(13)17/h2-9H,10H2,1H3,(H,18,23). The van der Waals surface area contributed by atoms with Crippen LogP contribution >= 0.6 is 11.6 Å². The number of hydrogen-bond acceptors (Lipinski definition) is 4. The lowest BCUT2D eigenvalue weighted by Crippen LogP contribution is -2.20. The topological polar surface area (TPSA) is 72.7 Å². The lowest BCUT2D eigenvalue weighted by Gasteiger charge is -2.04. The van der Waals surface area contributed by atoms with Gasteiger partial charge in [0, 0.05) is 11.3 Å². The monoisotopic (exact) mass is 327 g/mol. The number of nitrogens with zero attached hydrogens (tertiary/aromatic N) is 4. The first kappa shape index (κ1) is 15.2. The molecule has 0 spiro atoms. The van der Waals surface area contributed by atoms with Gasteiger partial charge >= 0.3 is 0 Å². The number of halogens is 1. The maximum absolute atomic E-state index is 12.0. The van der Waals surface area contributed by atoms with Crippen molar-refractivity contribution in [3.8, 4) is 11.4 Å². The predicted molar refractivity (Wildman–Crippen MR) is 88.1 cm³/mol. The second kappa shape index (κ2) is 6.58. The first-order valence-electron chi connectivity index (χ1n) is 7.01. The molecule has 2 aromatic carbocycles. The van der Waals surface area contributed by atoms with Crippen LogP contribution < -0.4 is 5.32 Å². The third-order valence-electron chi connectivity index (χ3n) is 3.15. The summed E-state index contributed by atoms with van der Waals surface area (Å²) >= 11 is 6.10. The number of carbonyl (C=O) groups is 1. The van der Waals surface area contributed by atoms with E-state index in [2.05, 4.69) is 20.7 Å². The molecule has 7 heteroatoms. The first-order valence-corrected chi connectivity index (χ1v) is 7.39. The minimum Gasteiger partial charge on any atom is -0.324 e. The molecule has 1 aromatic heterocycles. The molecule has 0 saturated heterocycles. The largest absolute Gasteiger partial charge is 0.324 e. The molecule has 1 amide bonds. The van der Waals surface area contributed by atoms with Crippen LogP contribution in [0.5, 0.6) is 0 Å². The summed E-state index contributed by atoms with van der Waals surface area (Å²) in [4.78, 5) is 13.3. The van der Waals surface area contributed by atoms with E-state index >= 15 is 0 Å². The van der Waals surface area contributed by atoms with E-state index in [1.165, 1.54) is 4.80 Å². The van der Waals surface area contributed by atoms with Gasteiger partial charge in [-0.3, -0.25) is 4.79 Å². The van der Waals surface area contributed by atoms with Gasteiger partial charge in [-0.1, -0.05) is 35.9 Å². The average Bonchev–Trinajstić information content (AvgIpc) is 2.95. The molecule has 0 aliphatic rings. The Morgan fingerprint density at radius 1 is 1.22 bits per heavy atom. The smallest absolute Gasteiger partial charge is 0.248 e.